The molecule has 1 amide bonds. The summed E-state index contributed by atoms with van der Waals surface area (Å²) in [5.74, 6) is -1.01. The largest absolute Gasteiger partial charge is 0.480 e. The van der Waals surface area contributed by atoms with Crippen molar-refractivity contribution in [2.75, 3.05) is 13.2 Å². The smallest absolute Gasteiger partial charge is 0.408 e. The van der Waals surface area contributed by atoms with E-state index in [1.807, 2.05) is 0 Å². The van der Waals surface area contributed by atoms with Crippen molar-refractivity contribution >= 4 is 12.1 Å². The molecule has 1 aliphatic carbocycles. The van der Waals surface area contributed by atoms with Gasteiger partial charge in [-0.25, -0.2) is 9.59 Å². The minimum atomic E-state index is -0.993. The lowest BCUT2D eigenvalue weighted by Gasteiger charge is -2.51. The molecule has 6 nitrogen and oxygen atoms in total. The maximum absolute atomic E-state index is 11.8. The molecule has 1 heterocycles. The second-order valence-corrected chi connectivity index (χ2v) is 7.24. The van der Waals surface area contributed by atoms with Gasteiger partial charge in [-0.05, 0) is 57.8 Å². The molecule has 2 N–H and O–H groups in total. The van der Waals surface area contributed by atoms with E-state index in [4.69, 9.17) is 9.47 Å². The average molecular weight is 299 g/mol. The van der Waals surface area contributed by atoms with Gasteiger partial charge in [0.25, 0.3) is 0 Å². The summed E-state index contributed by atoms with van der Waals surface area (Å²) < 4.78 is 10.5. The Labute approximate surface area is 125 Å². The van der Waals surface area contributed by atoms with Crippen molar-refractivity contribution in [1.29, 1.82) is 0 Å². The fourth-order valence-electron chi connectivity index (χ4n) is 3.32. The lowest BCUT2D eigenvalue weighted by atomic mass is 9.56. The van der Waals surface area contributed by atoms with E-state index < -0.39 is 23.7 Å². The zero-order valence-corrected chi connectivity index (χ0v) is 13.0. The highest BCUT2D eigenvalue weighted by atomic mass is 16.6. The van der Waals surface area contributed by atoms with Gasteiger partial charge in [0, 0.05) is 13.2 Å². The highest BCUT2D eigenvalue weighted by Gasteiger charge is 2.50. The first kappa shape index (κ1) is 16.1. The number of carbonyl (C=O) groups excluding carboxylic acids is 1. The third-order valence-corrected chi connectivity index (χ3v) is 4.35. The lowest BCUT2D eigenvalue weighted by molar-refractivity contribution is -0.146. The Morgan fingerprint density at radius 2 is 1.86 bits per heavy atom. The summed E-state index contributed by atoms with van der Waals surface area (Å²) in [6.07, 6.45) is 2.99. The van der Waals surface area contributed by atoms with Crippen molar-refractivity contribution in [3.63, 3.8) is 0 Å². The van der Waals surface area contributed by atoms with Gasteiger partial charge in [0.05, 0.1) is 0 Å². The number of hydrogen-bond acceptors (Lipinski definition) is 4. The van der Waals surface area contributed by atoms with Crippen molar-refractivity contribution in [1.82, 2.24) is 5.32 Å². The molecule has 1 saturated heterocycles. The van der Waals surface area contributed by atoms with E-state index in [0.29, 0.717) is 0 Å². The molecule has 2 aliphatic rings. The molecule has 1 unspecified atom stereocenters. The molecule has 0 aromatic heterocycles. The number of nitrogens with one attached hydrogen (secondary N) is 1. The van der Waals surface area contributed by atoms with Crippen LogP contribution in [0.5, 0.6) is 0 Å². The van der Waals surface area contributed by atoms with Crippen molar-refractivity contribution in [3.8, 4) is 0 Å². The molecule has 0 bridgehead atoms. The molecule has 120 valence electrons. The summed E-state index contributed by atoms with van der Waals surface area (Å²) >= 11 is 0. The SMILES string of the molecule is CC(C)(C)OC(=O)NC(C(=O)O)C1CC2(CCOCC2)C1. The van der Waals surface area contributed by atoms with Gasteiger partial charge in [-0.1, -0.05) is 0 Å². The number of rotatable bonds is 3. The third-order valence-electron chi connectivity index (χ3n) is 4.35. The Morgan fingerprint density at radius 1 is 1.29 bits per heavy atom. The van der Waals surface area contributed by atoms with E-state index in [-0.39, 0.29) is 11.3 Å². The van der Waals surface area contributed by atoms with Gasteiger partial charge >= 0.3 is 12.1 Å². The first-order valence-electron chi connectivity index (χ1n) is 7.51. The minimum Gasteiger partial charge on any atom is -0.480 e. The standard InChI is InChI=1S/C15H25NO5/c1-14(2,3)21-13(19)16-11(12(17)18)10-8-15(9-10)4-6-20-7-5-15/h10-11H,4-9H2,1-3H3,(H,16,19)(H,17,18). The van der Waals surface area contributed by atoms with E-state index in [0.717, 1.165) is 38.9 Å². The third kappa shape index (κ3) is 4.09. The number of aliphatic carboxylic acids is 1. The molecule has 2 fully saturated rings. The van der Waals surface area contributed by atoms with E-state index >= 15 is 0 Å². The molecule has 1 aliphatic heterocycles. The zero-order valence-electron chi connectivity index (χ0n) is 13.0. The second-order valence-electron chi connectivity index (χ2n) is 7.24. The number of carbonyl (C=O) groups is 2. The van der Waals surface area contributed by atoms with Crippen molar-refractivity contribution in [2.24, 2.45) is 11.3 Å². The molecular formula is C15H25NO5. The molecule has 6 heteroatoms. The van der Waals surface area contributed by atoms with Crippen molar-refractivity contribution in [2.45, 2.75) is 58.1 Å². The number of alkyl carbamates (subject to hydrolysis) is 1. The van der Waals surface area contributed by atoms with Crippen LogP contribution in [0.4, 0.5) is 4.79 Å². The van der Waals surface area contributed by atoms with Gasteiger partial charge in [-0.2, -0.15) is 0 Å². The Balaban J connectivity index is 1.89. The highest BCUT2D eigenvalue weighted by Crippen LogP contribution is 2.53. The highest BCUT2D eigenvalue weighted by molar-refractivity contribution is 5.80. The zero-order chi connectivity index (χ0) is 15.7. The average Bonchev–Trinajstić information content (AvgIpc) is 2.31. The second kappa shape index (κ2) is 5.83. The number of amides is 1. The van der Waals surface area contributed by atoms with Crippen LogP contribution in [0.2, 0.25) is 0 Å². The summed E-state index contributed by atoms with van der Waals surface area (Å²) in [5.41, 5.74) is -0.402. The maximum atomic E-state index is 11.8. The van der Waals surface area contributed by atoms with Crippen LogP contribution in [0.25, 0.3) is 0 Å². The van der Waals surface area contributed by atoms with Crippen LogP contribution >= 0.6 is 0 Å². The summed E-state index contributed by atoms with van der Waals surface area (Å²) in [6.45, 7) is 6.77. The summed E-state index contributed by atoms with van der Waals surface area (Å²) in [7, 11) is 0. The predicted octanol–water partition coefficient (Wildman–Crippen LogP) is 2.17. The fraction of sp³-hybridized carbons (Fsp3) is 0.867. The van der Waals surface area contributed by atoms with Gasteiger partial charge in [0.1, 0.15) is 11.6 Å². The maximum Gasteiger partial charge on any atom is 0.408 e. The van der Waals surface area contributed by atoms with E-state index in [2.05, 4.69) is 5.32 Å². The molecule has 1 spiro atoms. The van der Waals surface area contributed by atoms with Gasteiger partial charge in [-0.3, -0.25) is 0 Å². The normalized spacial score (nSPS) is 23.2. The van der Waals surface area contributed by atoms with Gasteiger partial charge in [0.15, 0.2) is 0 Å². The first-order valence-corrected chi connectivity index (χ1v) is 7.51. The first-order chi connectivity index (χ1) is 9.71. The molecule has 0 aromatic rings. The van der Waals surface area contributed by atoms with Crippen LogP contribution in [0.1, 0.15) is 46.5 Å². The molecule has 1 atom stereocenters. The van der Waals surface area contributed by atoms with Gasteiger partial charge in [-0.15, -0.1) is 0 Å². The Kier molecular flexibility index (Phi) is 4.46. The topological polar surface area (TPSA) is 84.9 Å². The van der Waals surface area contributed by atoms with Crippen LogP contribution in [-0.4, -0.2) is 42.0 Å². The number of carboxylic acids is 1. The van der Waals surface area contributed by atoms with E-state index in [1.54, 1.807) is 20.8 Å². The van der Waals surface area contributed by atoms with Crippen molar-refractivity contribution < 1.29 is 24.2 Å². The van der Waals surface area contributed by atoms with Crippen LogP contribution < -0.4 is 5.32 Å². The Hall–Kier alpha value is -1.30. The van der Waals surface area contributed by atoms with Crippen LogP contribution in [0, 0.1) is 11.3 Å². The minimum absolute atomic E-state index is 0.0203. The van der Waals surface area contributed by atoms with E-state index in [1.165, 1.54) is 0 Å². The predicted molar refractivity (Wildman–Crippen MR) is 76.0 cm³/mol. The Morgan fingerprint density at radius 3 is 2.33 bits per heavy atom. The molecule has 0 aromatic carbocycles. The quantitative estimate of drug-likeness (QED) is 0.834. The van der Waals surface area contributed by atoms with Crippen LogP contribution in [0.15, 0.2) is 0 Å². The summed E-state index contributed by atoms with van der Waals surface area (Å²) in [6, 6.07) is -0.867. The van der Waals surface area contributed by atoms with Crippen molar-refractivity contribution in [3.05, 3.63) is 0 Å². The van der Waals surface area contributed by atoms with Crippen LogP contribution in [0.3, 0.4) is 0 Å². The monoisotopic (exact) mass is 299 g/mol. The molecule has 0 radical (unpaired) electrons. The van der Waals surface area contributed by atoms with Gasteiger partial charge < -0.3 is 19.9 Å². The number of hydrogen-bond donors (Lipinski definition) is 2. The number of carboxylic acid groups (broad SMARTS) is 1. The molecule has 1 saturated carbocycles. The molecular weight excluding hydrogens is 274 g/mol. The lowest BCUT2D eigenvalue weighted by Crippen LogP contribution is -2.55. The molecule has 21 heavy (non-hydrogen) atoms. The summed E-state index contributed by atoms with van der Waals surface area (Å²) in [4.78, 5) is 23.2. The Bertz CT molecular complexity index is 401. The van der Waals surface area contributed by atoms with Crippen LogP contribution in [-0.2, 0) is 14.3 Å². The fourth-order valence-corrected chi connectivity index (χ4v) is 3.32. The van der Waals surface area contributed by atoms with E-state index in [9.17, 15) is 14.7 Å². The summed E-state index contributed by atoms with van der Waals surface area (Å²) in [5, 5.41) is 11.9. The van der Waals surface area contributed by atoms with Gasteiger partial charge in [0.2, 0.25) is 0 Å². The number of ether oxygens (including phenoxy) is 2. The molecule has 2 rings (SSSR count).